The van der Waals surface area contributed by atoms with Crippen molar-refractivity contribution in [3.8, 4) is 11.3 Å². The molecule has 1 saturated carbocycles. The van der Waals surface area contributed by atoms with Gasteiger partial charge in [0.05, 0.1) is 17.3 Å². The summed E-state index contributed by atoms with van der Waals surface area (Å²) in [5.41, 5.74) is 1.06. The van der Waals surface area contributed by atoms with Crippen molar-refractivity contribution in [3.63, 3.8) is 0 Å². The highest BCUT2D eigenvalue weighted by atomic mass is 16.6. The zero-order valence-electron chi connectivity index (χ0n) is 23.4. The molecule has 37 heavy (non-hydrogen) atoms. The highest BCUT2D eigenvalue weighted by molar-refractivity contribution is 5.98. The van der Waals surface area contributed by atoms with Crippen LogP contribution in [0.5, 0.6) is 0 Å². The first-order chi connectivity index (χ1) is 17.0. The van der Waals surface area contributed by atoms with Crippen molar-refractivity contribution in [1.29, 1.82) is 0 Å². The third-order valence-electron chi connectivity index (χ3n) is 5.76. The number of nitrogens with zero attached hydrogens (tertiary/aromatic N) is 5. The normalized spacial score (nSPS) is 17.5. The molecule has 2 heterocycles. The number of ether oxygens (including phenoxy) is 2. The molecule has 10 heteroatoms. The molecule has 1 aliphatic rings. The number of amides is 3. The largest absolute Gasteiger partial charge is 0.443 e. The lowest BCUT2D eigenvalue weighted by atomic mass is 9.80. The summed E-state index contributed by atoms with van der Waals surface area (Å²) in [6, 6.07) is 5.69. The first-order valence-corrected chi connectivity index (χ1v) is 12.5. The lowest BCUT2D eigenvalue weighted by Crippen LogP contribution is -2.47. The molecule has 0 bridgehead atoms. The predicted molar refractivity (Wildman–Crippen MR) is 139 cm³/mol. The van der Waals surface area contributed by atoms with Crippen molar-refractivity contribution in [1.82, 2.24) is 24.6 Å². The van der Waals surface area contributed by atoms with Crippen LogP contribution in [0.2, 0.25) is 0 Å². The Bertz CT molecular complexity index is 1120. The summed E-state index contributed by atoms with van der Waals surface area (Å²) in [7, 11) is 3.38. The smallest absolute Gasteiger partial charge is 0.419 e. The molecule has 1 fully saturated rings. The Morgan fingerprint density at radius 2 is 1.57 bits per heavy atom. The van der Waals surface area contributed by atoms with Gasteiger partial charge in [0.25, 0.3) is 5.91 Å². The van der Waals surface area contributed by atoms with Crippen LogP contribution < -0.4 is 0 Å². The van der Waals surface area contributed by atoms with Gasteiger partial charge in [0.15, 0.2) is 5.69 Å². The summed E-state index contributed by atoms with van der Waals surface area (Å²) in [6.45, 7) is 12.6. The summed E-state index contributed by atoms with van der Waals surface area (Å²) in [6.07, 6.45) is 1.77. The second-order valence-electron chi connectivity index (χ2n) is 11.8. The van der Waals surface area contributed by atoms with E-state index in [2.05, 4.69) is 10.1 Å². The molecule has 10 nitrogen and oxygen atoms in total. The number of hydrogen-bond acceptors (Lipinski definition) is 7. The topological polar surface area (TPSA) is 107 Å². The highest BCUT2D eigenvalue weighted by Crippen LogP contribution is 2.39. The van der Waals surface area contributed by atoms with E-state index in [1.54, 1.807) is 60.3 Å². The molecular weight excluding hydrogens is 474 g/mol. The standard InChI is InChI=1S/C27H39N5O5/c1-17-11-10-12-21(28-17)20-16-32(29-22(20)23(33)30(8)9)19-13-18(14-19)15-31(24(34)36-26(2,3)4)25(35)37-27(5,6)7/h10-12,16,18-19H,13-15H2,1-9H3. The van der Waals surface area contributed by atoms with Gasteiger partial charge in [0.2, 0.25) is 0 Å². The van der Waals surface area contributed by atoms with Crippen LogP contribution >= 0.6 is 0 Å². The molecule has 2 aromatic rings. The number of carbonyl (C=O) groups excluding carboxylic acids is 3. The van der Waals surface area contributed by atoms with E-state index in [9.17, 15) is 14.4 Å². The molecule has 0 saturated heterocycles. The molecule has 0 atom stereocenters. The van der Waals surface area contributed by atoms with E-state index in [4.69, 9.17) is 9.47 Å². The summed E-state index contributed by atoms with van der Waals surface area (Å²) < 4.78 is 12.7. The SMILES string of the molecule is Cc1cccc(-c2cn(C3CC(CN(C(=O)OC(C)(C)C)C(=O)OC(C)(C)C)C3)nc2C(=O)N(C)C)n1. The van der Waals surface area contributed by atoms with Crippen LogP contribution in [0.15, 0.2) is 24.4 Å². The summed E-state index contributed by atoms with van der Waals surface area (Å²) in [5.74, 6) is -0.156. The number of imide groups is 1. The lowest BCUT2D eigenvalue weighted by Gasteiger charge is -2.38. The molecule has 2 aromatic heterocycles. The Morgan fingerprint density at radius 1 is 1.00 bits per heavy atom. The molecule has 0 spiro atoms. The van der Waals surface area contributed by atoms with Gasteiger partial charge in [-0.3, -0.25) is 14.5 Å². The van der Waals surface area contributed by atoms with Crippen LogP contribution in [0.25, 0.3) is 11.3 Å². The first-order valence-electron chi connectivity index (χ1n) is 12.5. The first kappa shape index (κ1) is 28.1. The maximum Gasteiger partial charge on any atom is 0.419 e. The Labute approximate surface area is 218 Å². The monoisotopic (exact) mass is 513 g/mol. The van der Waals surface area contributed by atoms with E-state index in [1.165, 1.54) is 4.90 Å². The third kappa shape index (κ3) is 7.30. The summed E-state index contributed by atoms with van der Waals surface area (Å²) >= 11 is 0. The third-order valence-corrected chi connectivity index (χ3v) is 5.76. The van der Waals surface area contributed by atoms with E-state index in [0.717, 1.165) is 10.6 Å². The minimum Gasteiger partial charge on any atom is -0.443 e. The van der Waals surface area contributed by atoms with Crippen molar-refractivity contribution < 1.29 is 23.9 Å². The van der Waals surface area contributed by atoms with E-state index < -0.39 is 23.4 Å². The molecule has 202 valence electrons. The maximum atomic E-state index is 12.9. The van der Waals surface area contributed by atoms with Crippen molar-refractivity contribution in [2.75, 3.05) is 20.6 Å². The van der Waals surface area contributed by atoms with Gasteiger partial charge < -0.3 is 14.4 Å². The molecule has 0 unspecified atom stereocenters. The van der Waals surface area contributed by atoms with Gasteiger partial charge in [0, 0.05) is 32.5 Å². The predicted octanol–water partition coefficient (Wildman–Crippen LogP) is 5.08. The minimum absolute atomic E-state index is 0.0244. The molecule has 1 aliphatic carbocycles. The van der Waals surface area contributed by atoms with E-state index in [1.807, 2.05) is 31.3 Å². The van der Waals surface area contributed by atoms with Crippen LogP contribution in [0.1, 0.15) is 76.6 Å². The van der Waals surface area contributed by atoms with Crippen LogP contribution in [0.3, 0.4) is 0 Å². The van der Waals surface area contributed by atoms with Gasteiger partial charge in [-0.05, 0) is 79.4 Å². The van der Waals surface area contributed by atoms with Crippen molar-refractivity contribution in [2.24, 2.45) is 5.92 Å². The fourth-order valence-corrected chi connectivity index (χ4v) is 4.01. The number of hydrogen-bond donors (Lipinski definition) is 0. The second-order valence-corrected chi connectivity index (χ2v) is 11.8. The fourth-order valence-electron chi connectivity index (χ4n) is 4.01. The molecule has 0 aromatic carbocycles. The zero-order valence-corrected chi connectivity index (χ0v) is 23.4. The maximum absolute atomic E-state index is 12.9. The molecule has 0 aliphatic heterocycles. The summed E-state index contributed by atoms with van der Waals surface area (Å²) in [5, 5.41) is 4.63. The van der Waals surface area contributed by atoms with Crippen molar-refractivity contribution in [2.45, 2.75) is 78.6 Å². The summed E-state index contributed by atoms with van der Waals surface area (Å²) in [4.78, 5) is 45.6. The van der Waals surface area contributed by atoms with Crippen molar-refractivity contribution >= 4 is 18.1 Å². The van der Waals surface area contributed by atoms with E-state index in [0.29, 0.717) is 29.8 Å². The zero-order chi connectivity index (χ0) is 27.7. The number of rotatable bonds is 5. The molecule has 3 amide bonds. The Kier molecular flexibility index (Phi) is 8.00. The van der Waals surface area contributed by atoms with Gasteiger partial charge in [-0.2, -0.15) is 5.10 Å². The second kappa shape index (κ2) is 10.5. The molecule has 3 rings (SSSR count). The number of aromatic nitrogens is 3. The van der Waals surface area contributed by atoms with Crippen LogP contribution in [0, 0.1) is 12.8 Å². The fraction of sp³-hybridized carbons (Fsp3) is 0.593. The van der Waals surface area contributed by atoms with Gasteiger partial charge in [-0.15, -0.1) is 0 Å². The van der Waals surface area contributed by atoms with Gasteiger partial charge in [0.1, 0.15) is 11.2 Å². The van der Waals surface area contributed by atoms with Crippen LogP contribution in [-0.2, 0) is 9.47 Å². The number of carbonyl (C=O) groups is 3. The number of pyridine rings is 1. The van der Waals surface area contributed by atoms with Gasteiger partial charge in [-0.25, -0.2) is 14.5 Å². The Balaban J connectivity index is 1.78. The van der Waals surface area contributed by atoms with Crippen LogP contribution in [0.4, 0.5) is 9.59 Å². The number of aryl methyl sites for hydroxylation is 1. The van der Waals surface area contributed by atoms with Crippen LogP contribution in [-0.4, -0.2) is 74.5 Å². The van der Waals surface area contributed by atoms with Gasteiger partial charge in [-0.1, -0.05) is 6.07 Å². The van der Waals surface area contributed by atoms with E-state index >= 15 is 0 Å². The molecule has 0 N–H and O–H groups in total. The lowest BCUT2D eigenvalue weighted by molar-refractivity contribution is -0.00645. The van der Waals surface area contributed by atoms with Gasteiger partial charge >= 0.3 is 12.2 Å². The molecular formula is C27H39N5O5. The molecule has 0 radical (unpaired) electrons. The minimum atomic E-state index is -0.746. The quantitative estimate of drug-likeness (QED) is 0.549. The average molecular weight is 514 g/mol. The highest BCUT2D eigenvalue weighted by Gasteiger charge is 2.39. The van der Waals surface area contributed by atoms with E-state index in [-0.39, 0.29) is 24.4 Å². The van der Waals surface area contributed by atoms with Crippen molar-refractivity contribution in [3.05, 3.63) is 35.8 Å². The average Bonchev–Trinajstić information content (AvgIpc) is 3.14. The Morgan fingerprint density at radius 3 is 2.05 bits per heavy atom. The Hall–Kier alpha value is -3.43.